The van der Waals surface area contributed by atoms with Gasteiger partial charge in [-0.1, -0.05) is 108 Å². The second kappa shape index (κ2) is 18.2. The minimum absolute atomic E-state index is 0.0859. The highest BCUT2D eigenvalue weighted by atomic mass is 16.3. The number of hydrogen-bond acceptors (Lipinski definition) is 4. The van der Waals surface area contributed by atoms with Crippen molar-refractivity contribution in [1.29, 1.82) is 0 Å². The molecule has 0 aliphatic rings. The summed E-state index contributed by atoms with van der Waals surface area (Å²) in [5.41, 5.74) is 2.70. The van der Waals surface area contributed by atoms with Crippen LogP contribution in [-0.2, 0) is 0 Å². The van der Waals surface area contributed by atoms with Crippen LogP contribution in [-0.4, -0.2) is 35.1 Å². The molecule has 0 aliphatic heterocycles. The minimum Gasteiger partial charge on any atom is -0.508 e. The Morgan fingerprint density at radius 3 is 1.28 bits per heavy atom. The molecule has 5 rings (SSSR count). The number of phenolic OH excluding ortho intramolecular Hbond substituents is 2. The van der Waals surface area contributed by atoms with Crippen molar-refractivity contribution in [2.45, 2.75) is 90.9 Å². The molecule has 262 valence electrons. The average molecular weight is 673 g/mol. The van der Waals surface area contributed by atoms with E-state index in [2.05, 4.69) is 13.8 Å². The van der Waals surface area contributed by atoms with Crippen LogP contribution < -0.4 is 9.80 Å². The second-order valence-corrected chi connectivity index (χ2v) is 13.5. The largest absolute Gasteiger partial charge is 0.508 e. The second-order valence-electron chi connectivity index (χ2n) is 13.5. The van der Waals surface area contributed by atoms with E-state index in [4.69, 9.17) is 0 Å². The number of fused-ring (bicyclic) bond motifs is 2. The Bertz CT molecular complexity index is 1750. The van der Waals surface area contributed by atoms with E-state index in [1.165, 1.54) is 38.5 Å². The minimum atomic E-state index is -0.0859. The molecule has 0 atom stereocenters. The zero-order chi connectivity index (χ0) is 35.3. The molecule has 0 heterocycles. The van der Waals surface area contributed by atoms with Crippen molar-refractivity contribution in [2.75, 3.05) is 22.9 Å². The van der Waals surface area contributed by atoms with Crippen LogP contribution in [0.4, 0.5) is 11.4 Å². The number of benzene rings is 5. The topological polar surface area (TPSA) is 81.1 Å². The number of phenols is 2. The number of carbonyl (C=O) groups is 2. The number of aromatic hydroxyl groups is 2. The predicted octanol–water partition coefficient (Wildman–Crippen LogP) is 11.4. The maximum atomic E-state index is 14.3. The molecule has 0 saturated carbocycles. The summed E-state index contributed by atoms with van der Waals surface area (Å²) in [5, 5.41) is 23.4. The fourth-order valence-corrected chi connectivity index (χ4v) is 6.67. The Labute approximate surface area is 297 Å². The molecule has 2 amide bonds. The molecule has 2 N–H and O–H groups in total. The predicted molar refractivity (Wildman–Crippen MR) is 208 cm³/mol. The third-order valence-electron chi connectivity index (χ3n) is 9.56. The van der Waals surface area contributed by atoms with E-state index in [0.717, 1.165) is 71.4 Å². The third kappa shape index (κ3) is 9.65. The summed E-state index contributed by atoms with van der Waals surface area (Å²) in [4.78, 5) is 32.3. The van der Waals surface area contributed by atoms with E-state index in [1.54, 1.807) is 24.3 Å². The van der Waals surface area contributed by atoms with Crippen LogP contribution in [0.3, 0.4) is 0 Å². The molecule has 0 aromatic heterocycles. The van der Waals surface area contributed by atoms with Gasteiger partial charge in [-0.3, -0.25) is 9.59 Å². The van der Waals surface area contributed by atoms with E-state index in [1.807, 2.05) is 82.6 Å². The summed E-state index contributed by atoms with van der Waals surface area (Å²) < 4.78 is 0. The quantitative estimate of drug-likeness (QED) is 0.0908. The molecule has 5 aromatic rings. The van der Waals surface area contributed by atoms with Crippen LogP contribution in [0, 0.1) is 0 Å². The molecule has 0 radical (unpaired) electrons. The molecular formula is C44H52N2O4. The molecule has 0 aliphatic carbocycles. The van der Waals surface area contributed by atoms with Crippen LogP contribution in [0.5, 0.6) is 11.5 Å². The van der Waals surface area contributed by atoms with Gasteiger partial charge in [-0.15, -0.1) is 0 Å². The highest BCUT2D eigenvalue weighted by molar-refractivity contribution is 6.10. The standard InChI is InChI=1S/C44H52N2O4/c1-3-5-7-9-11-13-26-45(43(49)37-20-18-35-30-41(47)24-22-33(35)28-37)39-16-15-17-40(32-39)46(27-14-12-10-8-6-4-2)44(50)38-21-19-36-31-42(48)25-23-34(36)29-38/h15-25,28-32,47-48H,3-14,26-27H2,1-2H3. The number of unbranched alkanes of at least 4 members (excludes halogenated alkanes) is 10. The van der Waals surface area contributed by atoms with Crippen molar-refractivity contribution in [3.05, 3.63) is 108 Å². The van der Waals surface area contributed by atoms with Gasteiger partial charge in [0, 0.05) is 35.6 Å². The van der Waals surface area contributed by atoms with Gasteiger partial charge < -0.3 is 20.0 Å². The lowest BCUT2D eigenvalue weighted by molar-refractivity contribution is 0.0980. The first-order valence-electron chi connectivity index (χ1n) is 18.6. The lowest BCUT2D eigenvalue weighted by atomic mass is 10.0. The molecule has 50 heavy (non-hydrogen) atoms. The molecule has 6 heteroatoms. The number of anilines is 2. The van der Waals surface area contributed by atoms with Gasteiger partial charge >= 0.3 is 0 Å². The summed E-state index contributed by atoms with van der Waals surface area (Å²) in [6.45, 7) is 5.57. The van der Waals surface area contributed by atoms with Gasteiger partial charge in [0.05, 0.1) is 0 Å². The van der Waals surface area contributed by atoms with Gasteiger partial charge in [0.25, 0.3) is 11.8 Å². The van der Waals surface area contributed by atoms with Crippen molar-refractivity contribution in [3.8, 4) is 11.5 Å². The van der Waals surface area contributed by atoms with Crippen LogP contribution >= 0.6 is 0 Å². The maximum Gasteiger partial charge on any atom is 0.258 e. The normalized spacial score (nSPS) is 11.2. The number of amides is 2. The van der Waals surface area contributed by atoms with E-state index in [-0.39, 0.29) is 23.3 Å². The Morgan fingerprint density at radius 1 is 0.460 bits per heavy atom. The summed E-state index contributed by atoms with van der Waals surface area (Å²) in [6.07, 6.45) is 13.4. The summed E-state index contributed by atoms with van der Waals surface area (Å²) in [7, 11) is 0. The van der Waals surface area contributed by atoms with Gasteiger partial charge in [-0.25, -0.2) is 0 Å². The first kappa shape index (κ1) is 36.4. The summed E-state index contributed by atoms with van der Waals surface area (Å²) in [5.74, 6) is 0.219. The van der Waals surface area contributed by atoms with E-state index >= 15 is 0 Å². The molecule has 0 bridgehead atoms. The Hall–Kier alpha value is -4.84. The molecule has 6 nitrogen and oxygen atoms in total. The molecular weight excluding hydrogens is 620 g/mol. The smallest absolute Gasteiger partial charge is 0.258 e. The molecule has 5 aromatic carbocycles. The Balaban J connectivity index is 1.45. The number of rotatable bonds is 18. The zero-order valence-corrected chi connectivity index (χ0v) is 29.7. The van der Waals surface area contributed by atoms with Crippen molar-refractivity contribution < 1.29 is 19.8 Å². The monoisotopic (exact) mass is 672 g/mol. The number of hydrogen-bond donors (Lipinski definition) is 2. The lowest BCUT2D eigenvalue weighted by Crippen LogP contribution is -2.34. The van der Waals surface area contributed by atoms with Crippen LogP contribution in [0.15, 0.2) is 97.1 Å². The van der Waals surface area contributed by atoms with Crippen molar-refractivity contribution in [3.63, 3.8) is 0 Å². The molecule has 0 spiro atoms. The summed E-state index contributed by atoms with van der Waals surface area (Å²) >= 11 is 0. The molecule has 0 fully saturated rings. The number of carbonyl (C=O) groups excluding carboxylic acids is 2. The van der Waals surface area contributed by atoms with E-state index in [0.29, 0.717) is 24.2 Å². The number of nitrogens with zero attached hydrogens (tertiary/aromatic N) is 2. The van der Waals surface area contributed by atoms with Crippen LogP contribution in [0.1, 0.15) is 112 Å². The Morgan fingerprint density at radius 2 is 0.840 bits per heavy atom. The first-order valence-corrected chi connectivity index (χ1v) is 18.6. The first-order chi connectivity index (χ1) is 24.4. The van der Waals surface area contributed by atoms with Gasteiger partial charge in [0.15, 0.2) is 0 Å². The molecule has 0 unspecified atom stereocenters. The Kier molecular flexibility index (Phi) is 13.3. The molecule has 0 saturated heterocycles. The van der Waals surface area contributed by atoms with Crippen molar-refractivity contribution in [2.24, 2.45) is 0 Å². The van der Waals surface area contributed by atoms with E-state index in [9.17, 15) is 19.8 Å². The lowest BCUT2D eigenvalue weighted by Gasteiger charge is -2.27. The summed E-state index contributed by atoms with van der Waals surface area (Å²) in [6, 6.07) is 29.4. The zero-order valence-electron chi connectivity index (χ0n) is 29.7. The van der Waals surface area contributed by atoms with Gasteiger partial charge in [-0.2, -0.15) is 0 Å². The fourth-order valence-electron chi connectivity index (χ4n) is 6.67. The van der Waals surface area contributed by atoms with Crippen molar-refractivity contribution >= 4 is 44.7 Å². The maximum absolute atomic E-state index is 14.3. The van der Waals surface area contributed by atoms with E-state index < -0.39 is 0 Å². The fraction of sp³-hybridized carbons (Fsp3) is 0.364. The third-order valence-corrected chi connectivity index (χ3v) is 9.56. The van der Waals surface area contributed by atoms with Crippen LogP contribution in [0.2, 0.25) is 0 Å². The van der Waals surface area contributed by atoms with Gasteiger partial charge in [0.1, 0.15) is 11.5 Å². The van der Waals surface area contributed by atoms with Gasteiger partial charge in [-0.05, 0) is 101 Å². The SMILES string of the molecule is CCCCCCCCN(C(=O)c1ccc2cc(O)ccc2c1)c1cccc(N(CCCCCCCC)C(=O)c2ccc3cc(O)ccc3c2)c1. The van der Waals surface area contributed by atoms with Crippen LogP contribution in [0.25, 0.3) is 21.5 Å². The highest BCUT2D eigenvalue weighted by Crippen LogP contribution is 2.29. The highest BCUT2D eigenvalue weighted by Gasteiger charge is 2.22. The van der Waals surface area contributed by atoms with Crippen molar-refractivity contribution in [1.82, 2.24) is 0 Å². The average Bonchev–Trinajstić information content (AvgIpc) is 3.13. The van der Waals surface area contributed by atoms with Gasteiger partial charge in [0.2, 0.25) is 0 Å².